The Kier molecular flexibility index (Phi) is 2.75. The van der Waals surface area contributed by atoms with Crippen LogP contribution in [0.2, 0.25) is 5.02 Å². The molecular weight excluding hydrogens is 234 g/mol. The summed E-state index contributed by atoms with van der Waals surface area (Å²) in [5.41, 5.74) is 5.44. The molecule has 2 unspecified atom stereocenters. The molecule has 0 bridgehead atoms. The zero-order chi connectivity index (χ0) is 11.1. The van der Waals surface area contributed by atoms with Crippen molar-refractivity contribution in [2.24, 2.45) is 11.7 Å². The Morgan fingerprint density at radius 1 is 1.33 bits per heavy atom. The van der Waals surface area contributed by atoms with Gasteiger partial charge in [0.25, 0.3) is 0 Å². The zero-order valence-electron chi connectivity index (χ0n) is 8.06. The number of nitrogens with two attached hydrogens (primary N) is 1. The van der Waals surface area contributed by atoms with Crippen molar-refractivity contribution in [2.45, 2.75) is 16.6 Å². The fourth-order valence-corrected chi connectivity index (χ4v) is 3.76. The van der Waals surface area contributed by atoms with Crippen molar-refractivity contribution in [3.63, 3.8) is 0 Å². The number of rotatable bonds is 3. The van der Waals surface area contributed by atoms with Gasteiger partial charge in [-0.3, -0.25) is 0 Å². The second-order valence-corrected chi connectivity index (χ2v) is 6.37. The van der Waals surface area contributed by atoms with Crippen LogP contribution < -0.4 is 5.73 Å². The van der Waals surface area contributed by atoms with Gasteiger partial charge in [0.1, 0.15) is 0 Å². The standard InChI is InChI=1S/C10H12ClNO2S/c11-8-1-3-9(4-2-8)15(13,14)10-5-7(10)6-12/h1-4,7,10H,5-6,12H2. The largest absolute Gasteiger partial charge is 0.330 e. The van der Waals surface area contributed by atoms with E-state index in [2.05, 4.69) is 0 Å². The lowest BCUT2D eigenvalue weighted by molar-refractivity contribution is 0.592. The summed E-state index contributed by atoms with van der Waals surface area (Å²) in [6.45, 7) is 0.442. The summed E-state index contributed by atoms with van der Waals surface area (Å²) < 4.78 is 24.0. The summed E-state index contributed by atoms with van der Waals surface area (Å²) >= 11 is 5.70. The van der Waals surface area contributed by atoms with Gasteiger partial charge in [-0.15, -0.1) is 0 Å². The Morgan fingerprint density at radius 2 is 1.93 bits per heavy atom. The molecule has 0 spiro atoms. The molecule has 0 aliphatic heterocycles. The van der Waals surface area contributed by atoms with Crippen LogP contribution in [-0.2, 0) is 9.84 Å². The number of halogens is 1. The molecule has 3 nitrogen and oxygen atoms in total. The minimum absolute atomic E-state index is 0.130. The average molecular weight is 246 g/mol. The molecule has 0 amide bonds. The maximum atomic E-state index is 12.0. The van der Waals surface area contributed by atoms with Crippen LogP contribution in [0.1, 0.15) is 6.42 Å². The third-order valence-corrected chi connectivity index (χ3v) is 5.26. The van der Waals surface area contributed by atoms with Crippen LogP contribution in [0.25, 0.3) is 0 Å². The molecule has 0 heterocycles. The first kappa shape index (κ1) is 10.9. The van der Waals surface area contributed by atoms with Crippen LogP contribution in [0.4, 0.5) is 0 Å². The van der Waals surface area contributed by atoms with Crippen LogP contribution in [0, 0.1) is 5.92 Å². The molecule has 2 N–H and O–H groups in total. The lowest BCUT2D eigenvalue weighted by Gasteiger charge is -2.03. The van der Waals surface area contributed by atoms with Gasteiger partial charge < -0.3 is 5.73 Å². The van der Waals surface area contributed by atoms with E-state index in [1.165, 1.54) is 0 Å². The van der Waals surface area contributed by atoms with Crippen LogP contribution in [0.3, 0.4) is 0 Å². The molecule has 5 heteroatoms. The fourth-order valence-electron chi connectivity index (χ4n) is 1.65. The molecule has 0 radical (unpaired) electrons. The predicted octanol–water partition coefficient (Wildman–Crippen LogP) is 1.46. The maximum Gasteiger partial charge on any atom is 0.181 e. The van der Waals surface area contributed by atoms with Gasteiger partial charge in [-0.1, -0.05) is 11.6 Å². The van der Waals surface area contributed by atoms with E-state index in [9.17, 15) is 8.42 Å². The molecule has 1 saturated carbocycles. The van der Waals surface area contributed by atoms with Crippen molar-refractivity contribution in [3.05, 3.63) is 29.3 Å². The predicted molar refractivity (Wildman–Crippen MR) is 59.6 cm³/mol. The van der Waals surface area contributed by atoms with E-state index in [0.29, 0.717) is 22.9 Å². The van der Waals surface area contributed by atoms with Gasteiger partial charge in [0.2, 0.25) is 0 Å². The number of benzene rings is 1. The van der Waals surface area contributed by atoms with Crippen LogP contribution >= 0.6 is 11.6 Å². The maximum absolute atomic E-state index is 12.0. The third kappa shape index (κ3) is 2.02. The minimum atomic E-state index is -3.18. The fraction of sp³-hybridized carbons (Fsp3) is 0.400. The monoisotopic (exact) mass is 245 g/mol. The van der Waals surface area contributed by atoms with E-state index >= 15 is 0 Å². The minimum Gasteiger partial charge on any atom is -0.330 e. The van der Waals surface area contributed by atoms with E-state index < -0.39 is 9.84 Å². The van der Waals surface area contributed by atoms with Gasteiger partial charge in [-0.25, -0.2) is 8.42 Å². The molecule has 15 heavy (non-hydrogen) atoms. The summed E-state index contributed by atoms with van der Waals surface area (Å²) in [6.07, 6.45) is 0.682. The topological polar surface area (TPSA) is 60.2 Å². The Balaban J connectivity index is 2.27. The summed E-state index contributed by atoms with van der Waals surface area (Å²) in [5.74, 6) is 0.130. The zero-order valence-corrected chi connectivity index (χ0v) is 9.63. The number of sulfone groups is 1. The quantitative estimate of drug-likeness (QED) is 0.877. The average Bonchev–Trinajstić information content (AvgIpc) is 2.98. The molecule has 0 aromatic heterocycles. The highest BCUT2D eigenvalue weighted by atomic mass is 35.5. The summed E-state index contributed by atoms with van der Waals surface area (Å²) in [5, 5.41) is 0.254. The number of hydrogen-bond acceptors (Lipinski definition) is 3. The molecule has 82 valence electrons. The van der Waals surface area contributed by atoms with Gasteiger partial charge in [-0.05, 0) is 43.1 Å². The number of hydrogen-bond donors (Lipinski definition) is 1. The lowest BCUT2D eigenvalue weighted by atomic mass is 10.4. The Morgan fingerprint density at radius 3 is 2.40 bits per heavy atom. The molecule has 1 aromatic rings. The molecule has 1 aliphatic rings. The van der Waals surface area contributed by atoms with Gasteiger partial charge in [0, 0.05) is 5.02 Å². The lowest BCUT2D eigenvalue weighted by Crippen LogP contribution is -2.13. The van der Waals surface area contributed by atoms with E-state index in [1.54, 1.807) is 24.3 Å². The first-order valence-corrected chi connectivity index (χ1v) is 6.67. The first-order chi connectivity index (χ1) is 7.05. The molecule has 1 aliphatic carbocycles. The van der Waals surface area contributed by atoms with Crippen molar-refractivity contribution in [3.8, 4) is 0 Å². The molecule has 2 rings (SSSR count). The van der Waals surface area contributed by atoms with Crippen molar-refractivity contribution >= 4 is 21.4 Å². The van der Waals surface area contributed by atoms with Gasteiger partial charge >= 0.3 is 0 Å². The molecular formula is C10H12ClNO2S. The second kappa shape index (κ2) is 3.77. The summed E-state index contributed by atoms with van der Waals surface area (Å²) in [7, 11) is -3.18. The van der Waals surface area contributed by atoms with Crippen molar-refractivity contribution < 1.29 is 8.42 Å². The summed E-state index contributed by atoms with van der Waals surface area (Å²) in [6, 6.07) is 6.27. The normalized spacial score (nSPS) is 25.2. The molecule has 0 saturated heterocycles. The Hall–Kier alpha value is -0.580. The third-order valence-electron chi connectivity index (χ3n) is 2.70. The van der Waals surface area contributed by atoms with E-state index in [1.807, 2.05) is 0 Å². The van der Waals surface area contributed by atoms with Gasteiger partial charge in [0.15, 0.2) is 9.84 Å². The molecule has 1 fully saturated rings. The van der Waals surface area contributed by atoms with E-state index in [0.717, 1.165) is 0 Å². The highest BCUT2D eigenvalue weighted by molar-refractivity contribution is 7.92. The second-order valence-electron chi connectivity index (χ2n) is 3.77. The summed E-state index contributed by atoms with van der Waals surface area (Å²) in [4.78, 5) is 0.341. The highest BCUT2D eigenvalue weighted by Gasteiger charge is 2.46. The Bertz CT molecular complexity index is 455. The highest BCUT2D eigenvalue weighted by Crippen LogP contribution is 2.39. The first-order valence-electron chi connectivity index (χ1n) is 4.75. The van der Waals surface area contributed by atoms with Crippen molar-refractivity contribution in [1.82, 2.24) is 0 Å². The molecule has 2 atom stereocenters. The Labute approximate surface area is 94.2 Å². The smallest absolute Gasteiger partial charge is 0.181 e. The van der Waals surface area contributed by atoms with Gasteiger partial charge in [-0.2, -0.15) is 0 Å². The van der Waals surface area contributed by atoms with E-state index in [-0.39, 0.29) is 11.2 Å². The van der Waals surface area contributed by atoms with Crippen LogP contribution in [0.5, 0.6) is 0 Å². The van der Waals surface area contributed by atoms with Crippen molar-refractivity contribution in [1.29, 1.82) is 0 Å². The van der Waals surface area contributed by atoms with Crippen LogP contribution in [-0.4, -0.2) is 20.2 Å². The van der Waals surface area contributed by atoms with Crippen LogP contribution in [0.15, 0.2) is 29.2 Å². The van der Waals surface area contributed by atoms with E-state index in [4.69, 9.17) is 17.3 Å². The van der Waals surface area contributed by atoms with Crippen molar-refractivity contribution in [2.75, 3.05) is 6.54 Å². The van der Waals surface area contributed by atoms with Gasteiger partial charge in [0.05, 0.1) is 10.1 Å². The SMILES string of the molecule is NCC1CC1S(=O)(=O)c1ccc(Cl)cc1. The molecule has 1 aromatic carbocycles.